The maximum Gasteiger partial charge on any atom is 0.169 e. The topological polar surface area (TPSA) is 44.8 Å². The fourth-order valence-electron chi connectivity index (χ4n) is 2.34. The van der Waals surface area contributed by atoms with Crippen LogP contribution in [0, 0.1) is 0 Å². The highest BCUT2D eigenvalue weighted by Gasteiger charge is 2.42. The van der Waals surface area contributed by atoms with Gasteiger partial charge in [-0.25, -0.2) is 0 Å². The summed E-state index contributed by atoms with van der Waals surface area (Å²) in [7, 11) is 3.19. The van der Waals surface area contributed by atoms with Crippen LogP contribution in [0.3, 0.4) is 0 Å². The number of ether oxygens (including phenoxy) is 3. The Balaban J connectivity index is 2.25. The Kier molecular flexibility index (Phi) is 4.04. The van der Waals surface area contributed by atoms with Crippen LogP contribution < -0.4 is 9.47 Å². The van der Waals surface area contributed by atoms with Crippen molar-refractivity contribution in [3.8, 4) is 11.5 Å². The lowest BCUT2D eigenvalue weighted by Gasteiger charge is -2.35. The molecule has 1 aliphatic rings. The fourth-order valence-corrected chi connectivity index (χ4v) is 2.34. The van der Waals surface area contributed by atoms with Gasteiger partial charge in [0.2, 0.25) is 0 Å². The summed E-state index contributed by atoms with van der Waals surface area (Å²) in [5.74, 6) is 1.69. The molecule has 1 saturated carbocycles. The molecule has 1 aromatic rings. The summed E-state index contributed by atoms with van der Waals surface area (Å²) in [6.45, 7) is 6.36. The lowest BCUT2D eigenvalue weighted by Crippen LogP contribution is -2.51. The smallest absolute Gasteiger partial charge is 0.169 e. The molecule has 1 fully saturated rings. The van der Waals surface area contributed by atoms with Gasteiger partial charge in [0.15, 0.2) is 11.9 Å². The molecule has 2 rings (SSSR count). The van der Waals surface area contributed by atoms with Crippen molar-refractivity contribution in [3.05, 3.63) is 23.8 Å². The van der Waals surface area contributed by atoms with E-state index in [4.69, 9.17) is 14.2 Å². The van der Waals surface area contributed by atoms with E-state index in [1.54, 1.807) is 7.11 Å². The van der Waals surface area contributed by atoms with Crippen LogP contribution in [-0.2, 0) is 14.9 Å². The van der Waals surface area contributed by atoms with Crippen molar-refractivity contribution in [3.63, 3.8) is 0 Å². The summed E-state index contributed by atoms with van der Waals surface area (Å²) in [6, 6.07) is 5.75. The van der Waals surface area contributed by atoms with Crippen molar-refractivity contribution in [1.82, 2.24) is 0 Å². The van der Waals surface area contributed by atoms with E-state index in [1.165, 1.54) is 7.11 Å². The maximum absolute atomic E-state index is 11.4. The second-order valence-electron chi connectivity index (χ2n) is 6.10. The van der Waals surface area contributed by atoms with Crippen LogP contribution in [0.2, 0.25) is 0 Å². The molecule has 0 saturated heterocycles. The summed E-state index contributed by atoms with van der Waals surface area (Å²) >= 11 is 0. The summed E-state index contributed by atoms with van der Waals surface area (Å²) in [5, 5.41) is 0. The molecule has 2 unspecified atom stereocenters. The lowest BCUT2D eigenvalue weighted by molar-refractivity contribution is -0.151. The molecule has 0 N–H and O–H groups in total. The molecule has 2 atom stereocenters. The van der Waals surface area contributed by atoms with E-state index in [0.717, 1.165) is 17.1 Å². The third-order valence-corrected chi connectivity index (χ3v) is 3.58. The zero-order valence-electron chi connectivity index (χ0n) is 12.7. The molecular weight excluding hydrogens is 256 g/mol. The summed E-state index contributed by atoms with van der Waals surface area (Å²) < 4.78 is 16.4. The number of hydrogen-bond acceptors (Lipinski definition) is 4. The number of hydrogen-bond donors (Lipinski definition) is 0. The van der Waals surface area contributed by atoms with Crippen molar-refractivity contribution < 1.29 is 19.0 Å². The largest absolute Gasteiger partial charge is 0.497 e. The molecule has 1 aromatic carbocycles. The second kappa shape index (κ2) is 5.44. The van der Waals surface area contributed by atoms with Gasteiger partial charge < -0.3 is 14.2 Å². The molecule has 0 aliphatic heterocycles. The van der Waals surface area contributed by atoms with Gasteiger partial charge in [-0.05, 0) is 23.6 Å². The van der Waals surface area contributed by atoms with Crippen LogP contribution in [0.1, 0.15) is 32.8 Å². The molecule has 20 heavy (non-hydrogen) atoms. The third-order valence-electron chi connectivity index (χ3n) is 3.58. The van der Waals surface area contributed by atoms with Crippen molar-refractivity contribution in [1.29, 1.82) is 0 Å². The highest BCUT2D eigenvalue weighted by Crippen LogP contribution is 2.36. The van der Waals surface area contributed by atoms with Crippen molar-refractivity contribution in [2.24, 2.45) is 0 Å². The van der Waals surface area contributed by atoms with Crippen molar-refractivity contribution in [2.45, 2.75) is 44.8 Å². The number of carbonyl (C=O) groups excluding carboxylic acids is 1. The van der Waals surface area contributed by atoms with Crippen LogP contribution >= 0.6 is 0 Å². The second-order valence-corrected chi connectivity index (χ2v) is 6.10. The monoisotopic (exact) mass is 278 g/mol. The van der Waals surface area contributed by atoms with Crippen LogP contribution in [0.15, 0.2) is 18.2 Å². The first-order valence-corrected chi connectivity index (χ1v) is 6.77. The van der Waals surface area contributed by atoms with Gasteiger partial charge in [0.25, 0.3) is 0 Å². The Hall–Kier alpha value is -1.55. The Bertz CT molecular complexity index is 502. The molecule has 4 nitrogen and oxygen atoms in total. The number of Topliss-reactive ketones (excluding diaryl/α,β-unsaturated/α-hetero) is 1. The zero-order chi connectivity index (χ0) is 14.9. The minimum absolute atomic E-state index is 0.0692. The van der Waals surface area contributed by atoms with Gasteiger partial charge in [0.1, 0.15) is 17.6 Å². The minimum atomic E-state index is -0.440. The predicted octanol–water partition coefficient (Wildman–Crippen LogP) is 2.73. The Morgan fingerprint density at radius 3 is 2.40 bits per heavy atom. The van der Waals surface area contributed by atoms with Gasteiger partial charge in [-0.3, -0.25) is 4.79 Å². The Morgan fingerprint density at radius 2 is 1.90 bits per heavy atom. The average molecular weight is 278 g/mol. The molecule has 0 bridgehead atoms. The highest BCUT2D eigenvalue weighted by atomic mass is 16.5. The Labute approximate surface area is 120 Å². The molecule has 4 heteroatoms. The van der Waals surface area contributed by atoms with Crippen molar-refractivity contribution in [2.75, 3.05) is 14.2 Å². The van der Waals surface area contributed by atoms with Gasteiger partial charge in [0.05, 0.1) is 7.11 Å². The lowest BCUT2D eigenvalue weighted by atomic mass is 9.85. The third kappa shape index (κ3) is 2.80. The van der Waals surface area contributed by atoms with Crippen molar-refractivity contribution >= 4 is 5.78 Å². The standard InChI is InChI=1S/C16H22O4/c1-16(2,3)11-8-10(18-4)6-7-13(11)20-14-9-12(17)15(14)19-5/h6-8,14-15H,9H2,1-5H3. The van der Waals surface area contributed by atoms with E-state index in [0.29, 0.717) is 6.42 Å². The quantitative estimate of drug-likeness (QED) is 0.849. The number of carbonyl (C=O) groups is 1. The molecule has 0 amide bonds. The molecular formula is C16H22O4. The number of methoxy groups -OCH3 is 2. The first kappa shape index (κ1) is 14.9. The zero-order valence-corrected chi connectivity index (χ0v) is 12.7. The molecule has 0 aromatic heterocycles. The van der Waals surface area contributed by atoms with Crippen LogP contribution in [0.25, 0.3) is 0 Å². The number of ketones is 1. The number of benzene rings is 1. The van der Waals surface area contributed by atoms with Gasteiger partial charge in [-0.15, -0.1) is 0 Å². The predicted molar refractivity (Wildman–Crippen MR) is 76.5 cm³/mol. The van der Waals surface area contributed by atoms with E-state index in [-0.39, 0.29) is 17.3 Å². The van der Waals surface area contributed by atoms with E-state index in [2.05, 4.69) is 20.8 Å². The molecule has 0 spiro atoms. The summed E-state index contributed by atoms with van der Waals surface area (Å²) in [4.78, 5) is 11.4. The SMILES string of the molecule is COc1ccc(OC2CC(=O)C2OC)c(C(C)(C)C)c1. The highest BCUT2D eigenvalue weighted by molar-refractivity contribution is 5.90. The van der Waals surface area contributed by atoms with Gasteiger partial charge in [0, 0.05) is 19.1 Å². The van der Waals surface area contributed by atoms with Gasteiger partial charge in [-0.2, -0.15) is 0 Å². The van der Waals surface area contributed by atoms with E-state index in [9.17, 15) is 4.79 Å². The minimum Gasteiger partial charge on any atom is -0.497 e. The van der Waals surface area contributed by atoms with E-state index in [1.807, 2.05) is 18.2 Å². The van der Waals surface area contributed by atoms with E-state index < -0.39 is 6.10 Å². The van der Waals surface area contributed by atoms with Crippen LogP contribution in [-0.4, -0.2) is 32.2 Å². The molecule has 1 aliphatic carbocycles. The van der Waals surface area contributed by atoms with Gasteiger partial charge in [-0.1, -0.05) is 20.8 Å². The molecule has 110 valence electrons. The van der Waals surface area contributed by atoms with E-state index >= 15 is 0 Å². The summed E-state index contributed by atoms with van der Waals surface area (Å²) in [6.07, 6.45) is -0.222. The maximum atomic E-state index is 11.4. The Morgan fingerprint density at radius 1 is 1.20 bits per heavy atom. The van der Waals surface area contributed by atoms with Crippen LogP contribution in [0.4, 0.5) is 0 Å². The first-order chi connectivity index (χ1) is 9.36. The molecule has 0 radical (unpaired) electrons. The summed E-state index contributed by atoms with van der Waals surface area (Å²) in [5.41, 5.74) is 0.992. The number of rotatable bonds is 4. The normalized spacial score (nSPS) is 22.4. The first-order valence-electron chi connectivity index (χ1n) is 6.77. The van der Waals surface area contributed by atoms with Gasteiger partial charge >= 0.3 is 0 Å². The fraction of sp³-hybridized carbons (Fsp3) is 0.562. The molecule has 0 heterocycles. The van der Waals surface area contributed by atoms with Crippen LogP contribution in [0.5, 0.6) is 11.5 Å². The average Bonchev–Trinajstić information content (AvgIpc) is 2.37.